The summed E-state index contributed by atoms with van der Waals surface area (Å²) in [6, 6.07) is 9.84. The highest BCUT2D eigenvalue weighted by atomic mass is 16.5. The van der Waals surface area contributed by atoms with E-state index in [-0.39, 0.29) is 5.78 Å². The Bertz CT molecular complexity index is 600. The van der Waals surface area contributed by atoms with Crippen molar-refractivity contribution in [3.63, 3.8) is 0 Å². The van der Waals surface area contributed by atoms with Crippen LogP contribution in [0.15, 0.2) is 42.6 Å². The van der Waals surface area contributed by atoms with Gasteiger partial charge in [0, 0.05) is 17.5 Å². The van der Waals surface area contributed by atoms with Crippen LogP contribution in [0.3, 0.4) is 0 Å². The molecule has 4 heteroatoms. The van der Waals surface area contributed by atoms with Gasteiger partial charge >= 0.3 is 5.97 Å². The van der Waals surface area contributed by atoms with Crippen LogP contribution >= 0.6 is 0 Å². The molecule has 0 radical (unpaired) electrons. The van der Waals surface area contributed by atoms with Gasteiger partial charge in [-0.05, 0) is 50.2 Å². The zero-order valence-electron chi connectivity index (χ0n) is 10.7. The predicted octanol–water partition coefficient (Wildman–Crippen LogP) is 2.81. The maximum atomic E-state index is 11.8. The average Bonchev–Trinajstić information content (AvgIpc) is 2.40. The molecule has 0 atom stereocenters. The molecule has 0 saturated carbocycles. The summed E-state index contributed by atoms with van der Waals surface area (Å²) in [6.07, 6.45) is 1.47. The monoisotopic (exact) mass is 255 g/mol. The highest BCUT2D eigenvalue weighted by Crippen LogP contribution is 2.14. The minimum Gasteiger partial charge on any atom is -0.423 e. The molecule has 0 N–H and O–H groups in total. The highest BCUT2D eigenvalue weighted by Gasteiger charge is 2.09. The zero-order valence-corrected chi connectivity index (χ0v) is 10.7. The summed E-state index contributed by atoms with van der Waals surface area (Å²) in [6.45, 7) is 3.33. The summed E-state index contributed by atoms with van der Waals surface area (Å²) < 4.78 is 5.18. The molecule has 0 amide bonds. The molecular weight excluding hydrogens is 242 g/mol. The van der Waals surface area contributed by atoms with Crippen LogP contribution in [-0.4, -0.2) is 16.7 Å². The standard InChI is InChI=1S/C15H13NO3/c1-10-3-4-13(9-16-10)15(18)19-14-7-5-12(6-8-14)11(2)17/h3-9H,1-2H3. The first-order valence-corrected chi connectivity index (χ1v) is 5.82. The molecule has 2 aromatic rings. The summed E-state index contributed by atoms with van der Waals surface area (Å²) in [5, 5.41) is 0. The Labute approximate surface area is 111 Å². The van der Waals surface area contributed by atoms with E-state index in [2.05, 4.69) is 4.98 Å². The van der Waals surface area contributed by atoms with Gasteiger partial charge in [-0.15, -0.1) is 0 Å². The Morgan fingerprint density at radius 3 is 2.16 bits per heavy atom. The average molecular weight is 255 g/mol. The summed E-state index contributed by atoms with van der Waals surface area (Å²) in [5.41, 5.74) is 1.81. The number of aryl methyl sites for hydroxylation is 1. The van der Waals surface area contributed by atoms with E-state index >= 15 is 0 Å². The first-order chi connectivity index (χ1) is 9.06. The first kappa shape index (κ1) is 13.0. The molecular formula is C15H13NO3. The Kier molecular flexibility index (Phi) is 3.71. The molecule has 19 heavy (non-hydrogen) atoms. The largest absolute Gasteiger partial charge is 0.423 e. The molecule has 0 aliphatic rings. The van der Waals surface area contributed by atoms with Crippen molar-refractivity contribution < 1.29 is 14.3 Å². The van der Waals surface area contributed by atoms with Gasteiger partial charge < -0.3 is 4.74 Å². The third-order valence-corrected chi connectivity index (χ3v) is 2.62. The van der Waals surface area contributed by atoms with E-state index in [1.165, 1.54) is 13.1 Å². The molecule has 0 aliphatic carbocycles. The molecule has 0 aliphatic heterocycles. The van der Waals surface area contributed by atoms with Crippen molar-refractivity contribution >= 4 is 11.8 Å². The Balaban J connectivity index is 2.10. The van der Waals surface area contributed by atoms with Gasteiger partial charge in [0.05, 0.1) is 5.56 Å². The maximum absolute atomic E-state index is 11.8. The number of hydrogen-bond acceptors (Lipinski definition) is 4. The number of pyridine rings is 1. The van der Waals surface area contributed by atoms with Gasteiger partial charge in [0.25, 0.3) is 0 Å². The van der Waals surface area contributed by atoms with E-state index in [0.29, 0.717) is 16.9 Å². The quantitative estimate of drug-likeness (QED) is 0.480. The minimum atomic E-state index is -0.469. The minimum absolute atomic E-state index is 0.0272. The van der Waals surface area contributed by atoms with Crippen LogP contribution in [0.5, 0.6) is 5.75 Å². The van der Waals surface area contributed by atoms with Crippen molar-refractivity contribution in [2.45, 2.75) is 13.8 Å². The van der Waals surface area contributed by atoms with Crippen molar-refractivity contribution in [3.8, 4) is 5.75 Å². The molecule has 4 nitrogen and oxygen atoms in total. The SMILES string of the molecule is CC(=O)c1ccc(OC(=O)c2ccc(C)nc2)cc1. The van der Waals surface area contributed by atoms with Gasteiger partial charge in [-0.2, -0.15) is 0 Å². The predicted molar refractivity (Wildman–Crippen MR) is 70.4 cm³/mol. The summed E-state index contributed by atoms with van der Waals surface area (Å²) in [5.74, 6) is -0.0979. The van der Waals surface area contributed by atoms with E-state index in [4.69, 9.17) is 4.74 Å². The molecule has 0 saturated heterocycles. The van der Waals surface area contributed by atoms with Gasteiger partial charge in [-0.1, -0.05) is 0 Å². The van der Waals surface area contributed by atoms with Crippen LogP contribution in [0, 0.1) is 6.92 Å². The Morgan fingerprint density at radius 2 is 1.63 bits per heavy atom. The fourth-order valence-electron chi connectivity index (χ4n) is 1.51. The lowest BCUT2D eigenvalue weighted by Gasteiger charge is -2.04. The number of aromatic nitrogens is 1. The first-order valence-electron chi connectivity index (χ1n) is 5.82. The number of carbonyl (C=O) groups is 2. The fraction of sp³-hybridized carbons (Fsp3) is 0.133. The Morgan fingerprint density at radius 1 is 1.00 bits per heavy atom. The van der Waals surface area contributed by atoms with E-state index in [1.54, 1.807) is 36.4 Å². The van der Waals surface area contributed by atoms with E-state index in [9.17, 15) is 9.59 Å². The zero-order chi connectivity index (χ0) is 13.8. The van der Waals surface area contributed by atoms with Crippen molar-refractivity contribution in [3.05, 3.63) is 59.4 Å². The van der Waals surface area contributed by atoms with Gasteiger partial charge in [0.2, 0.25) is 0 Å². The lowest BCUT2D eigenvalue weighted by Crippen LogP contribution is -2.09. The molecule has 96 valence electrons. The summed E-state index contributed by atoms with van der Waals surface area (Å²) >= 11 is 0. The number of nitrogens with zero attached hydrogens (tertiary/aromatic N) is 1. The summed E-state index contributed by atoms with van der Waals surface area (Å²) in [4.78, 5) is 27.0. The third-order valence-electron chi connectivity index (χ3n) is 2.62. The van der Waals surface area contributed by atoms with E-state index in [0.717, 1.165) is 5.69 Å². The highest BCUT2D eigenvalue weighted by molar-refractivity contribution is 5.94. The second-order valence-electron chi connectivity index (χ2n) is 4.16. The van der Waals surface area contributed by atoms with Crippen molar-refractivity contribution in [2.24, 2.45) is 0 Å². The normalized spacial score (nSPS) is 10.0. The smallest absolute Gasteiger partial charge is 0.345 e. The molecule has 0 spiro atoms. The van der Waals surface area contributed by atoms with Gasteiger partial charge in [-0.25, -0.2) is 4.79 Å². The number of rotatable bonds is 3. The number of esters is 1. The maximum Gasteiger partial charge on any atom is 0.345 e. The van der Waals surface area contributed by atoms with Crippen molar-refractivity contribution in [1.82, 2.24) is 4.98 Å². The molecule has 1 heterocycles. The van der Waals surface area contributed by atoms with Crippen LogP contribution < -0.4 is 4.74 Å². The van der Waals surface area contributed by atoms with Crippen LogP contribution in [-0.2, 0) is 0 Å². The second-order valence-corrected chi connectivity index (χ2v) is 4.16. The van der Waals surface area contributed by atoms with E-state index in [1.807, 2.05) is 6.92 Å². The van der Waals surface area contributed by atoms with Gasteiger partial charge in [0.1, 0.15) is 5.75 Å². The lowest BCUT2D eigenvalue weighted by atomic mass is 10.1. The van der Waals surface area contributed by atoms with Crippen molar-refractivity contribution in [2.75, 3.05) is 0 Å². The number of ketones is 1. The van der Waals surface area contributed by atoms with Crippen LogP contribution in [0.1, 0.15) is 33.3 Å². The van der Waals surface area contributed by atoms with Crippen molar-refractivity contribution in [1.29, 1.82) is 0 Å². The fourth-order valence-corrected chi connectivity index (χ4v) is 1.51. The molecule has 1 aromatic heterocycles. The number of benzene rings is 1. The topological polar surface area (TPSA) is 56.3 Å². The van der Waals surface area contributed by atoms with Gasteiger partial charge in [0.15, 0.2) is 5.78 Å². The lowest BCUT2D eigenvalue weighted by molar-refractivity contribution is 0.0734. The molecule has 0 fully saturated rings. The number of hydrogen-bond donors (Lipinski definition) is 0. The van der Waals surface area contributed by atoms with Crippen LogP contribution in [0.2, 0.25) is 0 Å². The van der Waals surface area contributed by atoms with Gasteiger partial charge in [-0.3, -0.25) is 9.78 Å². The van der Waals surface area contributed by atoms with Crippen LogP contribution in [0.25, 0.3) is 0 Å². The summed E-state index contributed by atoms with van der Waals surface area (Å²) in [7, 11) is 0. The second kappa shape index (κ2) is 5.44. The molecule has 1 aromatic carbocycles. The molecule has 0 unspecified atom stereocenters. The Hall–Kier alpha value is -2.49. The number of carbonyl (C=O) groups excluding carboxylic acids is 2. The third kappa shape index (κ3) is 3.25. The van der Waals surface area contributed by atoms with Crippen LogP contribution in [0.4, 0.5) is 0 Å². The number of Topliss-reactive ketones (excluding diaryl/α,β-unsaturated/α-hetero) is 1. The number of ether oxygens (including phenoxy) is 1. The molecule has 0 bridgehead atoms. The molecule has 2 rings (SSSR count). The van der Waals surface area contributed by atoms with E-state index < -0.39 is 5.97 Å².